The number of benzene rings is 2. The first kappa shape index (κ1) is 14.4. The highest BCUT2D eigenvalue weighted by molar-refractivity contribution is 5.84. The SMILES string of the molecule is Cc1ccc2[nH+]c(-c3ccccc3N)cc(C(F)(F)F)c2c1. The molecule has 3 N–H and O–H groups in total. The summed E-state index contributed by atoms with van der Waals surface area (Å²) in [5.74, 6) is 0. The summed E-state index contributed by atoms with van der Waals surface area (Å²) in [7, 11) is 0. The predicted octanol–water partition coefficient (Wildman–Crippen LogP) is 4.23. The second kappa shape index (κ2) is 5.02. The normalized spacial score (nSPS) is 11.8. The van der Waals surface area contributed by atoms with Crippen LogP contribution in [0.3, 0.4) is 0 Å². The van der Waals surface area contributed by atoms with Gasteiger partial charge in [0, 0.05) is 17.8 Å². The van der Waals surface area contributed by atoms with Crippen LogP contribution >= 0.6 is 0 Å². The Hall–Kier alpha value is -2.56. The molecule has 22 heavy (non-hydrogen) atoms. The fraction of sp³-hybridized carbons (Fsp3) is 0.118. The minimum atomic E-state index is -4.43. The van der Waals surface area contributed by atoms with Gasteiger partial charge in [0.25, 0.3) is 0 Å². The van der Waals surface area contributed by atoms with E-state index in [1.807, 2.05) is 0 Å². The molecule has 112 valence electrons. The molecule has 0 aliphatic heterocycles. The quantitative estimate of drug-likeness (QED) is 0.671. The van der Waals surface area contributed by atoms with Gasteiger partial charge in [0.2, 0.25) is 11.2 Å². The van der Waals surface area contributed by atoms with Crippen LogP contribution in [0.4, 0.5) is 18.9 Å². The largest absolute Gasteiger partial charge is 0.417 e. The number of H-pyrrole nitrogens is 1. The van der Waals surface area contributed by atoms with Crippen LogP contribution in [0.15, 0.2) is 48.5 Å². The van der Waals surface area contributed by atoms with Crippen LogP contribution in [0.25, 0.3) is 22.2 Å². The number of pyridine rings is 1. The third-order valence-corrected chi connectivity index (χ3v) is 3.58. The van der Waals surface area contributed by atoms with Crippen LogP contribution in [0, 0.1) is 6.92 Å². The summed E-state index contributed by atoms with van der Waals surface area (Å²) in [5.41, 5.74) is 7.75. The molecule has 0 atom stereocenters. The Kier molecular flexibility index (Phi) is 3.28. The molecule has 5 heteroatoms. The van der Waals surface area contributed by atoms with Gasteiger partial charge in [-0.1, -0.05) is 23.8 Å². The van der Waals surface area contributed by atoms with Crippen LogP contribution in [-0.2, 0) is 6.18 Å². The van der Waals surface area contributed by atoms with E-state index in [2.05, 4.69) is 4.98 Å². The number of aryl methyl sites for hydroxylation is 1. The smallest absolute Gasteiger partial charge is 0.398 e. The molecule has 2 aromatic carbocycles. The highest BCUT2D eigenvalue weighted by Crippen LogP contribution is 2.36. The molecule has 3 rings (SSSR count). The van der Waals surface area contributed by atoms with Gasteiger partial charge in [-0.3, -0.25) is 0 Å². The fourth-order valence-electron chi connectivity index (χ4n) is 2.52. The number of para-hydroxylation sites is 1. The van der Waals surface area contributed by atoms with Crippen molar-refractivity contribution in [2.75, 3.05) is 5.73 Å². The topological polar surface area (TPSA) is 40.2 Å². The number of aromatic amines is 1. The van der Waals surface area contributed by atoms with E-state index < -0.39 is 11.7 Å². The minimum absolute atomic E-state index is 0.158. The lowest BCUT2D eigenvalue weighted by Gasteiger charge is -2.10. The maximum Gasteiger partial charge on any atom is 0.417 e. The van der Waals surface area contributed by atoms with Crippen LogP contribution in [0.5, 0.6) is 0 Å². The first-order chi connectivity index (χ1) is 10.4. The lowest BCUT2D eigenvalue weighted by atomic mass is 10.0. The first-order valence-electron chi connectivity index (χ1n) is 6.75. The number of rotatable bonds is 1. The highest BCUT2D eigenvalue weighted by Gasteiger charge is 2.35. The summed E-state index contributed by atoms with van der Waals surface area (Å²) in [4.78, 5) is 3.04. The molecule has 0 aliphatic rings. The zero-order valence-corrected chi connectivity index (χ0v) is 11.8. The molecule has 0 aliphatic carbocycles. The van der Waals surface area contributed by atoms with Gasteiger partial charge in [-0.15, -0.1) is 0 Å². The molecule has 0 amide bonds. The summed E-state index contributed by atoms with van der Waals surface area (Å²) in [6.07, 6.45) is -4.43. The van der Waals surface area contributed by atoms with Crippen molar-refractivity contribution in [2.45, 2.75) is 13.1 Å². The molecule has 0 bridgehead atoms. The van der Waals surface area contributed by atoms with E-state index in [9.17, 15) is 13.2 Å². The monoisotopic (exact) mass is 303 g/mol. The summed E-state index contributed by atoms with van der Waals surface area (Å²) in [6.45, 7) is 1.77. The van der Waals surface area contributed by atoms with Crippen molar-refractivity contribution in [3.8, 4) is 11.3 Å². The van der Waals surface area contributed by atoms with E-state index >= 15 is 0 Å². The number of hydrogen-bond acceptors (Lipinski definition) is 1. The number of anilines is 1. The molecule has 0 radical (unpaired) electrons. The summed E-state index contributed by atoms with van der Waals surface area (Å²) in [5, 5.41) is 0.158. The molecule has 2 nitrogen and oxygen atoms in total. The van der Waals surface area contributed by atoms with Crippen LogP contribution in [0.1, 0.15) is 11.1 Å². The molecule has 0 saturated heterocycles. The van der Waals surface area contributed by atoms with Crippen LogP contribution < -0.4 is 10.7 Å². The van der Waals surface area contributed by atoms with Crippen LogP contribution in [0.2, 0.25) is 0 Å². The number of aromatic nitrogens is 1. The Labute approximate surface area is 125 Å². The first-order valence-corrected chi connectivity index (χ1v) is 6.75. The number of nitrogens with one attached hydrogen (secondary N) is 1. The van der Waals surface area contributed by atoms with Gasteiger partial charge in [-0.05, 0) is 25.1 Å². The second-order valence-corrected chi connectivity index (χ2v) is 5.23. The zero-order valence-electron chi connectivity index (χ0n) is 11.8. The van der Waals surface area contributed by atoms with Gasteiger partial charge in [0.1, 0.15) is 0 Å². The number of alkyl halides is 3. The molecule has 1 aromatic heterocycles. The number of nitrogens with two attached hydrogens (primary N) is 1. The number of hydrogen-bond donors (Lipinski definition) is 1. The molecule has 3 aromatic rings. The Morgan fingerprint density at radius 3 is 2.41 bits per heavy atom. The number of halogens is 3. The molecule has 0 spiro atoms. The number of nitrogen functional groups attached to an aromatic ring is 1. The summed E-state index contributed by atoms with van der Waals surface area (Å²) in [6, 6.07) is 12.9. The van der Waals surface area contributed by atoms with Crippen LogP contribution in [-0.4, -0.2) is 0 Å². The molecular formula is C17H14F3N2+. The molecule has 1 heterocycles. The zero-order chi connectivity index (χ0) is 15.9. The lowest BCUT2D eigenvalue weighted by molar-refractivity contribution is -0.331. The Morgan fingerprint density at radius 2 is 1.73 bits per heavy atom. The van der Waals surface area contributed by atoms with E-state index in [0.717, 1.165) is 11.6 Å². The Morgan fingerprint density at radius 1 is 1.00 bits per heavy atom. The second-order valence-electron chi connectivity index (χ2n) is 5.23. The van der Waals surface area contributed by atoms with Crippen molar-refractivity contribution in [3.05, 3.63) is 59.7 Å². The third-order valence-electron chi connectivity index (χ3n) is 3.58. The molecule has 0 fully saturated rings. The van der Waals surface area contributed by atoms with Crippen molar-refractivity contribution >= 4 is 16.6 Å². The lowest BCUT2D eigenvalue weighted by Crippen LogP contribution is -2.15. The van der Waals surface area contributed by atoms with Gasteiger partial charge >= 0.3 is 6.18 Å². The van der Waals surface area contributed by atoms with Gasteiger partial charge < -0.3 is 5.73 Å². The van der Waals surface area contributed by atoms with Crippen molar-refractivity contribution in [3.63, 3.8) is 0 Å². The number of fused-ring (bicyclic) bond motifs is 1. The molecule has 0 saturated carbocycles. The van der Waals surface area contributed by atoms with E-state index in [1.54, 1.807) is 43.3 Å². The van der Waals surface area contributed by atoms with E-state index in [-0.39, 0.29) is 5.39 Å². The van der Waals surface area contributed by atoms with Gasteiger partial charge in [0.15, 0.2) is 0 Å². The minimum Gasteiger partial charge on any atom is -0.398 e. The summed E-state index contributed by atoms with van der Waals surface area (Å²) >= 11 is 0. The van der Waals surface area contributed by atoms with Crippen molar-refractivity contribution in [1.29, 1.82) is 0 Å². The van der Waals surface area contributed by atoms with Crippen molar-refractivity contribution in [2.24, 2.45) is 0 Å². The van der Waals surface area contributed by atoms with Gasteiger partial charge in [0.05, 0.1) is 16.5 Å². The Balaban J connectivity index is 2.35. The average Bonchev–Trinajstić information content (AvgIpc) is 2.45. The van der Waals surface area contributed by atoms with Crippen molar-refractivity contribution in [1.82, 2.24) is 0 Å². The van der Waals surface area contributed by atoms with E-state index in [1.165, 1.54) is 6.07 Å². The maximum atomic E-state index is 13.4. The summed E-state index contributed by atoms with van der Waals surface area (Å²) < 4.78 is 40.2. The molecule has 0 unspecified atom stereocenters. The van der Waals surface area contributed by atoms with E-state index in [4.69, 9.17) is 5.73 Å². The van der Waals surface area contributed by atoms with Gasteiger partial charge in [-0.25, -0.2) is 4.98 Å². The van der Waals surface area contributed by atoms with E-state index in [0.29, 0.717) is 22.5 Å². The fourth-order valence-corrected chi connectivity index (χ4v) is 2.52. The average molecular weight is 303 g/mol. The standard InChI is InChI=1S/C17H13F3N2/c1-10-6-7-15-12(8-10)13(17(18,19)20)9-16(22-15)11-4-2-3-5-14(11)21/h2-9H,21H2,1H3/p+1. The predicted molar refractivity (Wildman–Crippen MR) is 80.1 cm³/mol. The van der Waals surface area contributed by atoms with Gasteiger partial charge in [-0.2, -0.15) is 13.2 Å². The highest BCUT2D eigenvalue weighted by atomic mass is 19.4. The molecular weight excluding hydrogens is 289 g/mol. The maximum absolute atomic E-state index is 13.4. The Bertz CT molecular complexity index is 854. The third kappa shape index (κ3) is 2.50. The van der Waals surface area contributed by atoms with Crippen molar-refractivity contribution < 1.29 is 18.2 Å².